The first kappa shape index (κ1) is 14.3. The lowest BCUT2D eigenvalue weighted by atomic mass is 10.1. The molecule has 0 aliphatic rings. The molecule has 0 saturated carbocycles. The van der Waals surface area contributed by atoms with Gasteiger partial charge < -0.3 is 5.32 Å². The Morgan fingerprint density at radius 2 is 2.05 bits per heavy atom. The van der Waals surface area contributed by atoms with Crippen molar-refractivity contribution in [3.05, 3.63) is 69.5 Å². The summed E-state index contributed by atoms with van der Waals surface area (Å²) in [4.78, 5) is 4.40. The zero-order valence-corrected chi connectivity index (χ0v) is 13.2. The van der Waals surface area contributed by atoms with Gasteiger partial charge in [0.05, 0.1) is 11.2 Å². The van der Waals surface area contributed by atoms with E-state index in [0.717, 1.165) is 20.9 Å². The Morgan fingerprint density at radius 3 is 2.90 bits per heavy atom. The van der Waals surface area contributed by atoms with E-state index in [0.29, 0.717) is 17.3 Å². The van der Waals surface area contributed by atoms with Crippen LogP contribution in [0.4, 0.5) is 10.1 Å². The van der Waals surface area contributed by atoms with Crippen LogP contribution in [0.15, 0.2) is 53.1 Å². The molecule has 2 nitrogen and oxygen atoms in total. The molecule has 0 radical (unpaired) electrons. The second-order valence-corrected chi connectivity index (χ2v) is 5.87. The highest BCUT2D eigenvalue weighted by Crippen LogP contribution is 2.26. The first-order valence-corrected chi connectivity index (χ1v) is 7.53. The summed E-state index contributed by atoms with van der Waals surface area (Å²) in [5.41, 5.74) is 2.27. The van der Waals surface area contributed by atoms with Crippen LogP contribution < -0.4 is 5.32 Å². The van der Waals surface area contributed by atoms with Gasteiger partial charge in [0.2, 0.25) is 0 Å². The van der Waals surface area contributed by atoms with Crippen LogP contribution in [-0.2, 0) is 6.54 Å². The second-order valence-electron chi connectivity index (χ2n) is 4.58. The van der Waals surface area contributed by atoms with Crippen LogP contribution in [0.2, 0.25) is 5.02 Å². The third-order valence-corrected chi connectivity index (χ3v) is 4.12. The van der Waals surface area contributed by atoms with Crippen molar-refractivity contribution in [2.24, 2.45) is 0 Å². The van der Waals surface area contributed by atoms with E-state index in [9.17, 15) is 4.39 Å². The highest BCUT2D eigenvalue weighted by molar-refractivity contribution is 9.10. The largest absolute Gasteiger partial charge is 0.378 e. The molecule has 21 heavy (non-hydrogen) atoms. The highest BCUT2D eigenvalue weighted by Gasteiger charge is 2.07. The number of fused-ring (bicyclic) bond motifs is 1. The lowest BCUT2D eigenvalue weighted by Crippen LogP contribution is -2.02. The Kier molecular flexibility index (Phi) is 4.08. The van der Waals surface area contributed by atoms with E-state index in [4.69, 9.17) is 11.6 Å². The van der Waals surface area contributed by atoms with E-state index < -0.39 is 0 Å². The summed E-state index contributed by atoms with van der Waals surface area (Å²) in [5.74, 6) is -0.325. The summed E-state index contributed by atoms with van der Waals surface area (Å²) in [5, 5.41) is 4.60. The number of aromatic nitrogens is 1. The molecule has 1 N–H and O–H groups in total. The first-order chi connectivity index (χ1) is 10.1. The van der Waals surface area contributed by atoms with Gasteiger partial charge in [0.1, 0.15) is 5.82 Å². The predicted molar refractivity (Wildman–Crippen MR) is 88.2 cm³/mol. The lowest BCUT2D eigenvalue weighted by molar-refractivity contribution is 0.630. The molecule has 106 valence electrons. The SMILES string of the molecule is Fc1ccc(Cl)cc1NCc1ccc(Br)c2cccnc12. The number of rotatable bonds is 3. The van der Waals surface area contributed by atoms with E-state index in [1.807, 2.05) is 24.3 Å². The van der Waals surface area contributed by atoms with Crippen LogP contribution >= 0.6 is 27.5 Å². The van der Waals surface area contributed by atoms with Crippen molar-refractivity contribution in [2.75, 3.05) is 5.32 Å². The van der Waals surface area contributed by atoms with Crippen molar-refractivity contribution in [1.29, 1.82) is 0 Å². The van der Waals surface area contributed by atoms with Gasteiger partial charge in [-0.05, 0) is 35.9 Å². The van der Waals surface area contributed by atoms with Crippen molar-refractivity contribution in [3.63, 3.8) is 0 Å². The Hall–Kier alpha value is -1.65. The first-order valence-electron chi connectivity index (χ1n) is 6.36. The molecular formula is C16H11BrClFN2. The molecule has 0 unspecified atom stereocenters. The van der Waals surface area contributed by atoms with Gasteiger partial charge in [-0.3, -0.25) is 4.98 Å². The Morgan fingerprint density at radius 1 is 1.19 bits per heavy atom. The number of nitrogens with zero attached hydrogens (tertiary/aromatic N) is 1. The molecule has 3 aromatic rings. The minimum Gasteiger partial charge on any atom is -0.378 e. The normalized spacial score (nSPS) is 10.8. The molecule has 3 rings (SSSR count). The molecule has 0 spiro atoms. The molecule has 1 heterocycles. The number of nitrogens with one attached hydrogen (secondary N) is 1. The molecule has 0 aliphatic heterocycles. The number of hydrogen-bond acceptors (Lipinski definition) is 2. The van der Waals surface area contributed by atoms with Gasteiger partial charge in [0.25, 0.3) is 0 Å². The smallest absolute Gasteiger partial charge is 0.146 e. The van der Waals surface area contributed by atoms with Crippen molar-refractivity contribution >= 4 is 44.1 Å². The third-order valence-electron chi connectivity index (χ3n) is 3.20. The molecule has 0 saturated heterocycles. The minimum absolute atomic E-state index is 0.325. The van der Waals surface area contributed by atoms with Crippen molar-refractivity contribution in [2.45, 2.75) is 6.54 Å². The fourth-order valence-corrected chi connectivity index (χ4v) is 2.79. The van der Waals surface area contributed by atoms with Gasteiger partial charge in [-0.2, -0.15) is 0 Å². The summed E-state index contributed by atoms with van der Waals surface area (Å²) in [6, 6.07) is 12.3. The minimum atomic E-state index is -0.325. The predicted octanol–water partition coefficient (Wildman–Crippen LogP) is 5.40. The van der Waals surface area contributed by atoms with Crippen LogP contribution in [0.25, 0.3) is 10.9 Å². The Labute approximate surface area is 135 Å². The van der Waals surface area contributed by atoms with Gasteiger partial charge >= 0.3 is 0 Å². The van der Waals surface area contributed by atoms with E-state index in [2.05, 4.69) is 26.2 Å². The average molecular weight is 366 g/mol. The zero-order valence-electron chi connectivity index (χ0n) is 10.9. The molecule has 5 heteroatoms. The molecule has 0 bridgehead atoms. The van der Waals surface area contributed by atoms with E-state index in [1.165, 1.54) is 12.1 Å². The lowest BCUT2D eigenvalue weighted by Gasteiger charge is -2.10. The fraction of sp³-hybridized carbons (Fsp3) is 0.0625. The van der Waals surface area contributed by atoms with Crippen LogP contribution in [0.3, 0.4) is 0 Å². The highest BCUT2D eigenvalue weighted by atomic mass is 79.9. The maximum atomic E-state index is 13.7. The van der Waals surface area contributed by atoms with Gasteiger partial charge in [-0.15, -0.1) is 0 Å². The number of hydrogen-bond donors (Lipinski definition) is 1. The molecular weight excluding hydrogens is 355 g/mol. The molecule has 0 aliphatic carbocycles. The summed E-state index contributed by atoms with van der Waals surface area (Å²) >= 11 is 9.40. The number of anilines is 1. The third kappa shape index (κ3) is 3.01. The maximum absolute atomic E-state index is 13.7. The summed E-state index contributed by atoms with van der Waals surface area (Å²) < 4.78 is 14.7. The Bertz CT molecular complexity index is 807. The van der Waals surface area contributed by atoms with Gasteiger partial charge in [0, 0.05) is 27.6 Å². The average Bonchev–Trinajstić information content (AvgIpc) is 2.50. The van der Waals surface area contributed by atoms with Crippen LogP contribution in [0.1, 0.15) is 5.56 Å². The van der Waals surface area contributed by atoms with Crippen LogP contribution in [-0.4, -0.2) is 4.98 Å². The van der Waals surface area contributed by atoms with Crippen molar-refractivity contribution in [3.8, 4) is 0 Å². The topological polar surface area (TPSA) is 24.9 Å². The van der Waals surface area contributed by atoms with E-state index >= 15 is 0 Å². The summed E-state index contributed by atoms with van der Waals surface area (Å²) in [6.45, 7) is 0.470. The number of benzene rings is 2. The monoisotopic (exact) mass is 364 g/mol. The second kappa shape index (κ2) is 6.00. The molecule has 2 aromatic carbocycles. The number of pyridine rings is 1. The van der Waals surface area contributed by atoms with Gasteiger partial charge in [-0.1, -0.05) is 39.7 Å². The molecule has 0 amide bonds. The fourth-order valence-electron chi connectivity index (χ4n) is 2.16. The van der Waals surface area contributed by atoms with E-state index in [1.54, 1.807) is 12.3 Å². The van der Waals surface area contributed by atoms with Gasteiger partial charge in [0.15, 0.2) is 0 Å². The van der Waals surface area contributed by atoms with Crippen molar-refractivity contribution < 1.29 is 4.39 Å². The van der Waals surface area contributed by atoms with Gasteiger partial charge in [-0.25, -0.2) is 4.39 Å². The zero-order chi connectivity index (χ0) is 14.8. The summed E-state index contributed by atoms with van der Waals surface area (Å²) in [7, 11) is 0. The maximum Gasteiger partial charge on any atom is 0.146 e. The molecule has 0 atom stereocenters. The number of halogens is 3. The van der Waals surface area contributed by atoms with Crippen molar-refractivity contribution in [1.82, 2.24) is 4.98 Å². The Balaban J connectivity index is 1.92. The summed E-state index contributed by atoms with van der Waals surface area (Å²) in [6.07, 6.45) is 1.75. The molecule has 0 fully saturated rings. The quantitative estimate of drug-likeness (QED) is 0.672. The molecule has 1 aromatic heterocycles. The van der Waals surface area contributed by atoms with Crippen LogP contribution in [0.5, 0.6) is 0 Å². The standard InChI is InChI=1S/C16H11BrClFN2/c17-13-5-3-10(16-12(13)2-1-7-20-16)9-21-15-8-11(18)4-6-14(15)19/h1-8,21H,9H2. The van der Waals surface area contributed by atoms with Crippen LogP contribution in [0, 0.1) is 5.82 Å². The van der Waals surface area contributed by atoms with E-state index in [-0.39, 0.29) is 5.82 Å².